The number of urea groups is 1. The van der Waals surface area contributed by atoms with E-state index >= 15 is 0 Å². The molecule has 0 aromatic heterocycles. The number of carbonyl (C=O) groups excluding carboxylic acids is 2. The maximum absolute atomic E-state index is 12.5. The molecule has 0 fully saturated rings. The first-order chi connectivity index (χ1) is 16.7. The van der Waals surface area contributed by atoms with Gasteiger partial charge in [-0.05, 0) is 59.9 Å². The smallest absolute Gasteiger partial charge is 0.323 e. The summed E-state index contributed by atoms with van der Waals surface area (Å²) in [7, 11) is 1.50. The molecule has 3 aromatic rings. The summed E-state index contributed by atoms with van der Waals surface area (Å²) in [6.07, 6.45) is 0.162. The molecular formula is C27H29N3O5. The number of para-hydroxylation sites is 1. The van der Waals surface area contributed by atoms with Crippen LogP contribution in [0.1, 0.15) is 36.0 Å². The lowest BCUT2D eigenvalue weighted by atomic mass is 9.98. The number of hydrogen-bond acceptors (Lipinski definition) is 4. The van der Waals surface area contributed by atoms with Crippen molar-refractivity contribution in [2.45, 2.75) is 32.6 Å². The van der Waals surface area contributed by atoms with Gasteiger partial charge >= 0.3 is 12.0 Å². The number of hydrogen-bond donors (Lipinski definition) is 4. The number of benzene rings is 3. The Hall–Kier alpha value is -4.33. The van der Waals surface area contributed by atoms with Crippen LogP contribution in [0.25, 0.3) is 0 Å². The fourth-order valence-electron chi connectivity index (χ4n) is 3.60. The molecule has 0 aliphatic heterocycles. The zero-order chi connectivity index (χ0) is 25.4. The zero-order valence-corrected chi connectivity index (χ0v) is 19.9. The summed E-state index contributed by atoms with van der Waals surface area (Å²) in [6, 6.07) is 19.4. The van der Waals surface area contributed by atoms with Crippen molar-refractivity contribution in [3.05, 3.63) is 83.4 Å². The molecule has 8 nitrogen and oxygen atoms in total. The van der Waals surface area contributed by atoms with Crippen LogP contribution in [0.3, 0.4) is 0 Å². The number of rotatable bonds is 9. The van der Waals surface area contributed by atoms with E-state index in [1.165, 1.54) is 7.11 Å². The van der Waals surface area contributed by atoms with Crippen molar-refractivity contribution >= 4 is 35.0 Å². The van der Waals surface area contributed by atoms with Gasteiger partial charge in [-0.25, -0.2) is 4.79 Å². The number of nitrogens with one attached hydrogen (secondary N) is 3. The van der Waals surface area contributed by atoms with Gasteiger partial charge in [-0.15, -0.1) is 0 Å². The number of carbonyl (C=O) groups is 3. The number of carboxylic acid groups (broad SMARTS) is 1. The van der Waals surface area contributed by atoms with Gasteiger partial charge in [-0.1, -0.05) is 43.3 Å². The normalized spacial score (nSPS) is 11.3. The molecule has 0 unspecified atom stereocenters. The van der Waals surface area contributed by atoms with E-state index in [2.05, 4.69) is 16.0 Å². The molecule has 0 aliphatic carbocycles. The van der Waals surface area contributed by atoms with Gasteiger partial charge in [0.2, 0.25) is 5.91 Å². The molecule has 0 saturated heterocycles. The Kier molecular flexibility index (Phi) is 8.45. The predicted octanol–water partition coefficient (Wildman–Crippen LogP) is 5.41. The Labute approximate surface area is 204 Å². The Bertz CT molecular complexity index is 1210. The molecule has 182 valence electrons. The van der Waals surface area contributed by atoms with Gasteiger partial charge in [-0.3, -0.25) is 9.59 Å². The minimum absolute atomic E-state index is 0.0476. The van der Waals surface area contributed by atoms with Crippen molar-refractivity contribution in [1.29, 1.82) is 0 Å². The topological polar surface area (TPSA) is 117 Å². The maximum atomic E-state index is 12.5. The second-order valence-corrected chi connectivity index (χ2v) is 8.27. The van der Waals surface area contributed by atoms with Crippen molar-refractivity contribution in [3.63, 3.8) is 0 Å². The lowest BCUT2D eigenvalue weighted by Gasteiger charge is -2.14. The van der Waals surface area contributed by atoms with Gasteiger partial charge < -0.3 is 25.8 Å². The predicted molar refractivity (Wildman–Crippen MR) is 136 cm³/mol. The first kappa shape index (κ1) is 25.3. The second-order valence-electron chi connectivity index (χ2n) is 8.27. The number of ether oxygens (including phenoxy) is 1. The molecule has 8 heteroatoms. The highest BCUT2D eigenvalue weighted by atomic mass is 16.5. The first-order valence-electron chi connectivity index (χ1n) is 11.2. The van der Waals surface area contributed by atoms with Crippen LogP contribution in [0.4, 0.5) is 21.9 Å². The third kappa shape index (κ3) is 7.33. The van der Waals surface area contributed by atoms with Crippen molar-refractivity contribution < 1.29 is 24.2 Å². The Morgan fingerprint density at radius 3 is 2.26 bits per heavy atom. The highest BCUT2D eigenvalue weighted by molar-refractivity contribution is 6.01. The average Bonchev–Trinajstić information content (AvgIpc) is 2.81. The molecule has 3 amide bonds. The summed E-state index contributed by atoms with van der Waals surface area (Å²) in [5.41, 5.74) is 4.37. The van der Waals surface area contributed by atoms with E-state index in [4.69, 9.17) is 9.84 Å². The fraction of sp³-hybridized carbons (Fsp3) is 0.222. The molecule has 0 bridgehead atoms. The molecule has 0 heterocycles. The fourth-order valence-corrected chi connectivity index (χ4v) is 3.60. The highest BCUT2D eigenvalue weighted by Gasteiger charge is 2.13. The van der Waals surface area contributed by atoms with Crippen LogP contribution in [0.5, 0.6) is 5.75 Å². The van der Waals surface area contributed by atoms with Crippen LogP contribution < -0.4 is 20.7 Å². The molecule has 3 rings (SSSR count). The molecule has 0 aliphatic rings. The average molecular weight is 476 g/mol. The van der Waals surface area contributed by atoms with Crippen LogP contribution in [-0.2, 0) is 16.0 Å². The summed E-state index contributed by atoms with van der Waals surface area (Å²) in [4.78, 5) is 35.8. The number of carboxylic acids is 1. The SMILES string of the molecule is COc1cc(CC(=O)Nc2ccc([C@H](C)CC(=O)O)cc2)ccc1NC(=O)Nc1ccccc1C. The summed E-state index contributed by atoms with van der Waals surface area (Å²) >= 11 is 0. The van der Waals surface area contributed by atoms with Crippen molar-refractivity contribution in [2.75, 3.05) is 23.1 Å². The maximum Gasteiger partial charge on any atom is 0.323 e. The molecule has 0 saturated carbocycles. The number of aliphatic carboxylic acids is 1. The molecule has 3 aromatic carbocycles. The summed E-state index contributed by atoms with van der Waals surface area (Å²) in [5, 5.41) is 17.4. The number of anilines is 3. The van der Waals surface area contributed by atoms with Crippen LogP contribution in [0.15, 0.2) is 66.7 Å². The van der Waals surface area contributed by atoms with Gasteiger partial charge in [-0.2, -0.15) is 0 Å². The third-order valence-electron chi connectivity index (χ3n) is 5.52. The molecule has 35 heavy (non-hydrogen) atoms. The molecular weight excluding hydrogens is 446 g/mol. The zero-order valence-electron chi connectivity index (χ0n) is 19.9. The number of methoxy groups -OCH3 is 1. The van der Waals surface area contributed by atoms with Crippen LogP contribution >= 0.6 is 0 Å². The highest BCUT2D eigenvalue weighted by Crippen LogP contribution is 2.27. The minimum atomic E-state index is -0.849. The quantitative estimate of drug-likeness (QED) is 0.330. The van der Waals surface area contributed by atoms with E-state index in [0.717, 1.165) is 16.7 Å². The third-order valence-corrected chi connectivity index (χ3v) is 5.52. The number of amides is 3. The largest absolute Gasteiger partial charge is 0.495 e. The Morgan fingerprint density at radius 1 is 0.914 bits per heavy atom. The van der Waals surface area contributed by atoms with Crippen molar-refractivity contribution in [3.8, 4) is 5.75 Å². The van der Waals surface area contributed by atoms with E-state index in [1.807, 2.05) is 50.2 Å². The Balaban J connectivity index is 1.59. The van der Waals surface area contributed by atoms with E-state index < -0.39 is 12.0 Å². The molecule has 4 N–H and O–H groups in total. The van der Waals surface area contributed by atoms with E-state index in [0.29, 0.717) is 22.8 Å². The van der Waals surface area contributed by atoms with E-state index in [-0.39, 0.29) is 24.7 Å². The molecule has 0 spiro atoms. The lowest BCUT2D eigenvalue weighted by molar-refractivity contribution is -0.137. The van der Waals surface area contributed by atoms with Crippen LogP contribution in [0, 0.1) is 6.92 Å². The summed E-state index contributed by atoms with van der Waals surface area (Å²) in [5.74, 6) is -0.738. The number of aryl methyl sites for hydroxylation is 1. The Morgan fingerprint density at radius 2 is 1.60 bits per heavy atom. The van der Waals surface area contributed by atoms with Gasteiger partial charge in [0.1, 0.15) is 5.75 Å². The summed E-state index contributed by atoms with van der Waals surface area (Å²) < 4.78 is 5.41. The van der Waals surface area contributed by atoms with Gasteiger partial charge in [0, 0.05) is 11.4 Å². The second kappa shape index (κ2) is 11.7. The standard InChI is InChI=1S/C27H29N3O5/c1-17-6-4-5-7-22(17)29-27(34)30-23-13-8-19(15-24(23)35-3)16-25(31)28-21-11-9-20(10-12-21)18(2)14-26(32)33/h4-13,15,18H,14,16H2,1-3H3,(H,28,31)(H,32,33)(H2,29,30,34)/t18-/m1/s1. The molecule has 1 atom stereocenters. The van der Waals surface area contributed by atoms with Crippen LogP contribution in [-0.4, -0.2) is 30.1 Å². The minimum Gasteiger partial charge on any atom is -0.495 e. The monoisotopic (exact) mass is 475 g/mol. The molecule has 0 radical (unpaired) electrons. The van der Waals surface area contributed by atoms with Crippen molar-refractivity contribution in [2.24, 2.45) is 0 Å². The summed E-state index contributed by atoms with van der Waals surface area (Å²) in [6.45, 7) is 3.75. The van der Waals surface area contributed by atoms with Gasteiger partial charge in [0.25, 0.3) is 0 Å². The van der Waals surface area contributed by atoms with Crippen LogP contribution in [0.2, 0.25) is 0 Å². The first-order valence-corrected chi connectivity index (χ1v) is 11.2. The van der Waals surface area contributed by atoms with Gasteiger partial charge in [0.05, 0.1) is 25.6 Å². The van der Waals surface area contributed by atoms with E-state index in [1.54, 1.807) is 30.3 Å². The van der Waals surface area contributed by atoms with Gasteiger partial charge in [0.15, 0.2) is 0 Å². The van der Waals surface area contributed by atoms with E-state index in [9.17, 15) is 14.4 Å². The lowest BCUT2D eigenvalue weighted by Crippen LogP contribution is -2.20. The van der Waals surface area contributed by atoms with Crippen molar-refractivity contribution in [1.82, 2.24) is 0 Å².